The van der Waals surface area contributed by atoms with E-state index in [0.29, 0.717) is 23.2 Å². The third-order valence-electron chi connectivity index (χ3n) is 3.57. The average Bonchev–Trinajstić information content (AvgIpc) is 2.83. The molecule has 0 saturated carbocycles. The number of carbonyl (C=O) groups is 1. The fourth-order valence-corrected chi connectivity index (χ4v) is 3.78. The van der Waals surface area contributed by atoms with Crippen LogP contribution >= 0.6 is 23.4 Å². The van der Waals surface area contributed by atoms with Gasteiger partial charge in [-0.3, -0.25) is 4.79 Å². The van der Waals surface area contributed by atoms with Crippen LogP contribution in [-0.4, -0.2) is 41.3 Å². The molecule has 0 aromatic heterocycles. The van der Waals surface area contributed by atoms with E-state index in [1.165, 1.54) is 30.0 Å². The van der Waals surface area contributed by atoms with Crippen LogP contribution in [0.5, 0.6) is 0 Å². The van der Waals surface area contributed by atoms with Crippen LogP contribution in [0.2, 0.25) is 5.02 Å². The van der Waals surface area contributed by atoms with Gasteiger partial charge in [0, 0.05) is 18.7 Å². The summed E-state index contributed by atoms with van der Waals surface area (Å²) in [5.74, 6) is -0.823. The Balaban J connectivity index is 1.81. The second kappa shape index (κ2) is 6.63. The van der Waals surface area contributed by atoms with Gasteiger partial charge in [0.2, 0.25) is 0 Å². The first-order valence-electron chi connectivity index (χ1n) is 7.31. The number of amides is 1. The molecule has 23 heavy (non-hydrogen) atoms. The number of ether oxygens (including phenoxy) is 1. The lowest BCUT2D eigenvalue weighted by Crippen LogP contribution is -2.47. The second-order valence-electron chi connectivity index (χ2n) is 5.61. The first-order valence-corrected chi connectivity index (χ1v) is 8.50. The molecule has 7 heteroatoms. The number of nitrogens with zero attached hydrogens (tertiary/aromatic N) is 2. The normalized spacial score (nSPS) is 26.8. The summed E-state index contributed by atoms with van der Waals surface area (Å²) in [4.78, 5) is 18.6. The predicted molar refractivity (Wildman–Crippen MR) is 91.0 cm³/mol. The molecule has 0 bridgehead atoms. The molecule has 2 aliphatic heterocycles. The van der Waals surface area contributed by atoms with Gasteiger partial charge in [-0.25, -0.2) is 4.39 Å². The minimum Gasteiger partial charge on any atom is -0.372 e. The SMILES string of the molecule is C[C@@H]1CN(C2=NC(=O)/C(=C\c3c(F)cccc3Cl)S2)C[C@@H](C)O1. The number of morpholine rings is 1. The lowest BCUT2D eigenvalue weighted by atomic mass is 10.2. The van der Waals surface area contributed by atoms with Crippen LogP contribution in [0.1, 0.15) is 19.4 Å². The van der Waals surface area contributed by atoms with E-state index in [9.17, 15) is 9.18 Å². The Bertz CT molecular complexity index is 677. The van der Waals surface area contributed by atoms with Crippen molar-refractivity contribution >= 4 is 40.5 Å². The Hall–Kier alpha value is -1.37. The molecule has 1 amide bonds. The number of rotatable bonds is 1. The summed E-state index contributed by atoms with van der Waals surface area (Å²) in [6.45, 7) is 5.33. The standard InChI is InChI=1S/C16H16ClFN2O2S/c1-9-7-20(8-10(2)22-9)16-19-15(21)14(23-16)6-11-12(17)4-3-5-13(11)18/h3-6,9-10H,7-8H2,1-2H3/b14-6+/t9-,10-/m1/s1. The maximum absolute atomic E-state index is 13.9. The van der Waals surface area contributed by atoms with Gasteiger partial charge < -0.3 is 9.64 Å². The van der Waals surface area contributed by atoms with Gasteiger partial charge in [-0.1, -0.05) is 17.7 Å². The van der Waals surface area contributed by atoms with Crippen molar-refractivity contribution in [2.45, 2.75) is 26.1 Å². The van der Waals surface area contributed by atoms with Crippen LogP contribution in [0.3, 0.4) is 0 Å². The van der Waals surface area contributed by atoms with E-state index in [4.69, 9.17) is 16.3 Å². The molecule has 0 radical (unpaired) electrons. The van der Waals surface area contributed by atoms with Gasteiger partial charge in [-0.2, -0.15) is 4.99 Å². The summed E-state index contributed by atoms with van der Waals surface area (Å²) in [7, 11) is 0. The first-order chi connectivity index (χ1) is 10.9. The van der Waals surface area contributed by atoms with Gasteiger partial charge in [0.25, 0.3) is 5.91 Å². The Morgan fingerprint density at radius 3 is 2.74 bits per heavy atom. The van der Waals surface area contributed by atoms with E-state index in [0.717, 1.165) is 0 Å². The van der Waals surface area contributed by atoms with Crippen molar-refractivity contribution in [3.8, 4) is 0 Å². The summed E-state index contributed by atoms with van der Waals surface area (Å²) < 4.78 is 19.6. The molecular formula is C16H16ClFN2O2S. The molecule has 0 N–H and O–H groups in total. The number of hydrogen-bond donors (Lipinski definition) is 0. The number of carbonyl (C=O) groups excluding carboxylic acids is 1. The highest BCUT2D eigenvalue weighted by molar-refractivity contribution is 8.18. The molecule has 0 aliphatic carbocycles. The van der Waals surface area contributed by atoms with Crippen molar-refractivity contribution in [2.24, 2.45) is 4.99 Å². The third kappa shape index (κ3) is 3.59. The van der Waals surface area contributed by atoms with E-state index < -0.39 is 5.82 Å². The molecule has 2 atom stereocenters. The van der Waals surface area contributed by atoms with Crippen molar-refractivity contribution < 1.29 is 13.9 Å². The highest BCUT2D eigenvalue weighted by Crippen LogP contribution is 2.33. The maximum atomic E-state index is 13.9. The summed E-state index contributed by atoms with van der Waals surface area (Å²) in [5.41, 5.74) is 0.213. The first kappa shape index (κ1) is 16.5. The van der Waals surface area contributed by atoms with E-state index >= 15 is 0 Å². The summed E-state index contributed by atoms with van der Waals surface area (Å²) in [6.07, 6.45) is 1.62. The Morgan fingerprint density at radius 2 is 2.09 bits per heavy atom. The minimum atomic E-state index is -0.458. The van der Waals surface area contributed by atoms with Gasteiger partial charge >= 0.3 is 0 Å². The van der Waals surface area contributed by atoms with Crippen molar-refractivity contribution in [3.63, 3.8) is 0 Å². The van der Waals surface area contributed by atoms with Gasteiger partial charge in [0.05, 0.1) is 22.1 Å². The van der Waals surface area contributed by atoms with Crippen molar-refractivity contribution in [2.75, 3.05) is 13.1 Å². The molecule has 2 aliphatic rings. The molecule has 3 rings (SSSR count). The molecule has 0 unspecified atom stereocenters. The number of benzene rings is 1. The smallest absolute Gasteiger partial charge is 0.286 e. The number of aliphatic imine (C=N–C) groups is 1. The zero-order valence-electron chi connectivity index (χ0n) is 12.8. The Labute approximate surface area is 143 Å². The summed E-state index contributed by atoms with van der Waals surface area (Å²) >= 11 is 7.26. The van der Waals surface area contributed by atoms with E-state index in [-0.39, 0.29) is 28.7 Å². The molecule has 1 saturated heterocycles. The van der Waals surface area contributed by atoms with E-state index in [1.54, 1.807) is 6.07 Å². The van der Waals surface area contributed by atoms with Crippen molar-refractivity contribution in [3.05, 3.63) is 39.5 Å². The fraction of sp³-hybridized carbons (Fsp3) is 0.375. The Kier molecular flexibility index (Phi) is 4.75. The fourth-order valence-electron chi connectivity index (χ4n) is 2.65. The number of amidine groups is 1. The van der Waals surface area contributed by atoms with Crippen LogP contribution in [0.25, 0.3) is 6.08 Å². The highest BCUT2D eigenvalue weighted by Gasteiger charge is 2.31. The van der Waals surface area contributed by atoms with Crippen LogP contribution in [0.15, 0.2) is 28.1 Å². The lowest BCUT2D eigenvalue weighted by Gasteiger charge is -2.35. The number of halogens is 2. The van der Waals surface area contributed by atoms with E-state index in [2.05, 4.69) is 4.99 Å². The molecule has 2 heterocycles. The second-order valence-corrected chi connectivity index (χ2v) is 7.02. The molecule has 1 aromatic carbocycles. The molecule has 1 aromatic rings. The van der Waals surface area contributed by atoms with Crippen LogP contribution < -0.4 is 0 Å². The molecule has 0 spiro atoms. The third-order valence-corrected chi connectivity index (χ3v) is 4.95. The van der Waals surface area contributed by atoms with Crippen molar-refractivity contribution in [1.82, 2.24) is 4.90 Å². The largest absolute Gasteiger partial charge is 0.372 e. The minimum absolute atomic E-state index is 0.0752. The van der Waals surface area contributed by atoms with Gasteiger partial charge in [0.1, 0.15) is 5.82 Å². The van der Waals surface area contributed by atoms with Crippen LogP contribution in [0.4, 0.5) is 4.39 Å². The van der Waals surface area contributed by atoms with Crippen LogP contribution in [0, 0.1) is 5.82 Å². The molecule has 1 fully saturated rings. The number of thioether (sulfide) groups is 1. The van der Waals surface area contributed by atoms with Crippen LogP contribution in [-0.2, 0) is 9.53 Å². The predicted octanol–water partition coefficient (Wildman–Crippen LogP) is 3.56. The molecule has 4 nitrogen and oxygen atoms in total. The van der Waals surface area contributed by atoms with Gasteiger partial charge in [-0.05, 0) is 43.8 Å². The lowest BCUT2D eigenvalue weighted by molar-refractivity contribution is -0.113. The molecular weight excluding hydrogens is 339 g/mol. The summed E-state index contributed by atoms with van der Waals surface area (Å²) in [6, 6.07) is 4.44. The summed E-state index contributed by atoms with van der Waals surface area (Å²) in [5, 5.41) is 0.906. The molecule has 122 valence electrons. The highest BCUT2D eigenvalue weighted by atomic mass is 35.5. The maximum Gasteiger partial charge on any atom is 0.286 e. The zero-order chi connectivity index (χ0) is 16.6. The zero-order valence-corrected chi connectivity index (χ0v) is 14.3. The quantitative estimate of drug-likeness (QED) is 0.723. The van der Waals surface area contributed by atoms with Crippen molar-refractivity contribution in [1.29, 1.82) is 0 Å². The van der Waals surface area contributed by atoms with Gasteiger partial charge in [-0.15, -0.1) is 0 Å². The monoisotopic (exact) mass is 354 g/mol. The average molecular weight is 355 g/mol. The van der Waals surface area contributed by atoms with E-state index in [1.807, 2.05) is 18.7 Å². The number of hydrogen-bond acceptors (Lipinski definition) is 4. The van der Waals surface area contributed by atoms with Gasteiger partial charge in [0.15, 0.2) is 5.17 Å². The topological polar surface area (TPSA) is 41.9 Å². The Morgan fingerprint density at radius 1 is 1.39 bits per heavy atom.